The summed E-state index contributed by atoms with van der Waals surface area (Å²) in [5, 5.41) is 17.1. The number of anilines is 1. The molecular formula is C16H18N4OS2. The SMILES string of the molecule is N#Cc1ccsc1N1CCC(NC(=O)C(N)Cc2cccs2)C1. The molecule has 2 aromatic heterocycles. The molecule has 0 bridgehead atoms. The van der Waals surface area contributed by atoms with Crippen LogP contribution in [0.15, 0.2) is 29.0 Å². The minimum atomic E-state index is -0.515. The lowest BCUT2D eigenvalue weighted by atomic mass is 10.1. The van der Waals surface area contributed by atoms with Crippen LogP contribution in [-0.2, 0) is 11.2 Å². The van der Waals surface area contributed by atoms with Gasteiger partial charge in [0.25, 0.3) is 0 Å². The van der Waals surface area contributed by atoms with Gasteiger partial charge in [-0.3, -0.25) is 4.79 Å². The maximum Gasteiger partial charge on any atom is 0.237 e. The predicted molar refractivity (Wildman–Crippen MR) is 93.8 cm³/mol. The summed E-state index contributed by atoms with van der Waals surface area (Å²) >= 11 is 3.19. The summed E-state index contributed by atoms with van der Waals surface area (Å²) in [5.41, 5.74) is 6.71. The molecule has 1 aliphatic rings. The molecule has 1 amide bonds. The average Bonchev–Trinajstić information content (AvgIpc) is 3.27. The van der Waals surface area contributed by atoms with Crippen LogP contribution < -0.4 is 16.0 Å². The predicted octanol–water partition coefficient (Wildman–Crippen LogP) is 1.95. The van der Waals surface area contributed by atoms with Gasteiger partial charge in [-0.05, 0) is 29.3 Å². The van der Waals surface area contributed by atoms with Crippen molar-refractivity contribution >= 4 is 33.6 Å². The van der Waals surface area contributed by atoms with Crippen LogP contribution in [-0.4, -0.2) is 31.1 Å². The molecule has 3 heterocycles. The van der Waals surface area contributed by atoms with Crippen molar-refractivity contribution in [2.45, 2.75) is 24.9 Å². The lowest BCUT2D eigenvalue weighted by molar-refractivity contribution is -0.122. The van der Waals surface area contributed by atoms with E-state index >= 15 is 0 Å². The van der Waals surface area contributed by atoms with E-state index in [2.05, 4.69) is 16.3 Å². The molecule has 23 heavy (non-hydrogen) atoms. The molecule has 3 rings (SSSR count). The summed E-state index contributed by atoms with van der Waals surface area (Å²) in [6, 6.07) is 7.58. The minimum absolute atomic E-state index is 0.0885. The Balaban J connectivity index is 1.53. The number of carbonyl (C=O) groups excluding carboxylic acids is 1. The number of nitrogens with one attached hydrogen (secondary N) is 1. The van der Waals surface area contributed by atoms with Crippen molar-refractivity contribution in [3.05, 3.63) is 39.4 Å². The normalized spacial score (nSPS) is 18.6. The molecule has 2 unspecified atom stereocenters. The van der Waals surface area contributed by atoms with Crippen LogP contribution >= 0.6 is 22.7 Å². The first-order valence-corrected chi connectivity index (χ1v) is 9.24. The van der Waals surface area contributed by atoms with Gasteiger partial charge in [-0.15, -0.1) is 22.7 Å². The molecule has 1 saturated heterocycles. The molecule has 3 N–H and O–H groups in total. The van der Waals surface area contributed by atoms with Crippen molar-refractivity contribution < 1.29 is 4.79 Å². The summed E-state index contributed by atoms with van der Waals surface area (Å²) in [7, 11) is 0. The quantitative estimate of drug-likeness (QED) is 0.867. The Labute approximate surface area is 143 Å². The highest BCUT2D eigenvalue weighted by atomic mass is 32.1. The molecule has 0 saturated carbocycles. The summed E-state index contributed by atoms with van der Waals surface area (Å²) in [4.78, 5) is 15.5. The van der Waals surface area contributed by atoms with Gasteiger partial charge in [0.05, 0.1) is 11.6 Å². The molecule has 120 valence electrons. The van der Waals surface area contributed by atoms with E-state index < -0.39 is 6.04 Å². The zero-order chi connectivity index (χ0) is 16.2. The fourth-order valence-corrected chi connectivity index (χ4v) is 4.39. The molecule has 1 fully saturated rings. The largest absolute Gasteiger partial charge is 0.360 e. The summed E-state index contributed by atoms with van der Waals surface area (Å²) < 4.78 is 0. The van der Waals surface area contributed by atoms with Gasteiger partial charge in [-0.2, -0.15) is 5.26 Å². The number of nitriles is 1. The number of hydrogen-bond donors (Lipinski definition) is 2. The zero-order valence-electron chi connectivity index (χ0n) is 12.6. The van der Waals surface area contributed by atoms with E-state index in [9.17, 15) is 4.79 Å². The smallest absolute Gasteiger partial charge is 0.237 e. The van der Waals surface area contributed by atoms with Crippen molar-refractivity contribution in [2.24, 2.45) is 5.73 Å². The Morgan fingerprint density at radius 3 is 3.09 bits per heavy atom. The Kier molecular flexibility index (Phi) is 4.96. The Morgan fingerprint density at radius 1 is 1.48 bits per heavy atom. The molecule has 0 spiro atoms. The van der Waals surface area contributed by atoms with E-state index in [4.69, 9.17) is 11.0 Å². The first kappa shape index (κ1) is 16.0. The van der Waals surface area contributed by atoms with Crippen LogP contribution in [0.2, 0.25) is 0 Å². The van der Waals surface area contributed by atoms with Crippen molar-refractivity contribution in [1.82, 2.24) is 5.32 Å². The molecule has 0 aromatic carbocycles. The topological polar surface area (TPSA) is 82.2 Å². The van der Waals surface area contributed by atoms with Crippen molar-refractivity contribution in [1.29, 1.82) is 5.26 Å². The van der Waals surface area contributed by atoms with Crippen LogP contribution in [0.4, 0.5) is 5.00 Å². The van der Waals surface area contributed by atoms with Gasteiger partial charge in [-0.1, -0.05) is 6.07 Å². The fraction of sp³-hybridized carbons (Fsp3) is 0.375. The third-order valence-corrected chi connectivity index (χ3v) is 5.80. The number of thiophene rings is 2. The highest BCUT2D eigenvalue weighted by molar-refractivity contribution is 7.14. The van der Waals surface area contributed by atoms with Gasteiger partial charge in [0.2, 0.25) is 5.91 Å². The first-order valence-electron chi connectivity index (χ1n) is 7.48. The van der Waals surface area contributed by atoms with Gasteiger partial charge in [-0.25, -0.2) is 0 Å². The van der Waals surface area contributed by atoms with Crippen LogP contribution in [0.5, 0.6) is 0 Å². The number of rotatable bonds is 5. The van der Waals surface area contributed by atoms with Gasteiger partial charge in [0.1, 0.15) is 11.1 Å². The summed E-state index contributed by atoms with van der Waals surface area (Å²) in [6.45, 7) is 1.58. The van der Waals surface area contributed by atoms with Crippen molar-refractivity contribution in [3.8, 4) is 6.07 Å². The lowest BCUT2D eigenvalue weighted by Gasteiger charge is -2.19. The van der Waals surface area contributed by atoms with Gasteiger partial charge in [0.15, 0.2) is 0 Å². The minimum Gasteiger partial charge on any atom is -0.360 e. The number of carbonyl (C=O) groups is 1. The van der Waals surface area contributed by atoms with E-state index in [0.29, 0.717) is 12.0 Å². The van der Waals surface area contributed by atoms with Gasteiger partial charge < -0.3 is 16.0 Å². The lowest BCUT2D eigenvalue weighted by Crippen LogP contribution is -2.47. The number of amides is 1. The van der Waals surface area contributed by atoms with Crippen LogP contribution in [0.25, 0.3) is 0 Å². The van der Waals surface area contributed by atoms with E-state index in [0.717, 1.165) is 29.4 Å². The summed E-state index contributed by atoms with van der Waals surface area (Å²) in [6.07, 6.45) is 1.45. The van der Waals surface area contributed by atoms with Crippen LogP contribution in [0.1, 0.15) is 16.9 Å². The highest BCUT2D eigenvalue weighted by Crippen LogP contribution is 2.30. The molecule has 2 atom stereocenters. The van der Waals surface area contributed by atoms with Crippen LogP contribution in [0, 0.1) is 11.3 Å². The van der Waals surface area contributed by atoms with E-state index in [-0.39, 0.29) is 11.9 Å². The molecule has 0 aliphatic carbocycles. The fourth-order valence-electron chi connectivity index (χ4n) is 2.74. The Morgan fingerprint density at radius 2 is 2.35 bits per heavy atom. The second-order valence-corrected chi connectivity index (χ2v) is 7.51. The van der Waals surface area contributed by atoms with Crippen molar-refractivity contribution in [2.75, 3.05) is 18.0 Å². The van der Waals surface area contributed by atoms with Crippen molar-refractivity contribution in [3.63, 3.8) is 0 Å². The molecular weight excluding hydrogens is 328 g/mol. The second-order valence-electron chi connectivity index (χ2n) is 5.58. The Bertz CT molecular complexity index is 704. The summed E-state index contributed by atoms with van der Waals surface area (Å²) in [5.74, 6) is -0.100. The Hall–Kier alpha value is -1.88. The molecule has 5 nitrogen and oxygen atoms in total. The van der Waals surface area contributed by atoms with Gasteiger partial charge in [0, 0.05) is 30.4 Å². The second kappa shape index (κ2) is 7.13. The zero-order valence-corrected chi connectivity index (χ0v) is 14.2. The molecule has 1 aliphatic heterocycles. The van der Waals surface area contributed by atoms with Gasteiger partial charge >= 0.3 is 0 Å². The third-order valence-electron chi connectivity index (χ3n) is 3.93. The highest BCUT2D eigenvalue weighted by Gasteiger charge is 2.27. The van der Waals surface area contributed by atoms with E-state index in [1.807, 2.05) is 29.0 Å². The third kappa shape index (κ3) is 3.72. The number of nitrogens with two attached hydrogens (primary N) is 1. The number of nitrogens with zero attached hydrogens (tertiary/aromatic N) is 2. The molecule has 7 heteroatoms. The number of hydrogen-bond acceptors (Lipinski definition) is 6. The monoisotopic (exact) mass is 346 g/mol. The maximum atomic E-state index is 12.2. The molecule has 2 aromatic rings. The van der Waals surface area contributed by atoms with Crippen LogP contribution in [0.3, 0.4) is 0 Å². The molecule has 0 radical (unpaired) electrons. The average molecular weight is 346 g/mol. The standard InChI is InChI=1S/C16H18N4OS2/c17-9-11-4-7-23-16(11)20-5-3-12(10-20)19-15(21)14(18)8-13-2-1-6-22-13/h1-2,4,6-7,12,14H,3,5,8,10,18H2,(H,19,21). The van der Waals surface area contributed by atoms with E-state index in [1.54, 1.807) is 22.7 Å². The first-order chi connectivity index (χ1) is 11.2. The van der Waals surface area contributed by atoms with E-state index in [1.165, 1.54) is 0 Å². The maximum absolute atomic E-state index is 12.2.